The highest BCUT2D eigenvalue weighted by Crippen LogP contribution is 2.39. The molecule has 2 N–H and O–H groups in total. The molecule has 0 amide bonds. The number of aromatic nitrogens is 1. The van der Waals surface area contributed by atoms with Crippen LogP contribution in [0.2, 0.25) is 0 Å². The SMILES string of the molecule is NC(c1ccn(CCOCC(F)(F)F)c1)C1CC1. The molecule has 3 nitrogen and oxygen atoms in total. The van der Waals surface area contributed by atoms with Gasteiger partial charge in [0.1, 0.15) is 6.61 Å². The van der Waals surface area contributed by atoms with E-state index >= 15 is 0 Å². The maximum Gasteiger partial charge on any atom is 0.411 e. The van der Waals surface area contributed by atoms with Gasteiger partial charge in [0, 0.05) is 25.0 Å². The smallest absolute Gasteiger partial charge is 0.370 e. The van der Waals surface area contributed by atoms with Crippen LogP contribution in [0.25, 0.3) is 0 Å². The van der Waals surface area contributed by atoms with Gasteiger partial charge in [0.2, 0.25) is 0 Å². The molecule has 102 valence electrons. The van der Waals surface area contributed by atoms with E-state index in [1.807, 2.05) is 23.0 Å². The van der Waals surface area contributed by atoms with Gasteiger partial charge in [-0.15, -0.1) is 0 Å². The average Bonchev–Trinajstić information content (AvgIpc) is 3.02. The number of rotatable bonds is 6. The second-order valence-corrected chi connectivity index (χ2v) is 4.71. The molecule has 1 atom stereocenters. The quantitative estimate of drug-likeness (QED) is 0.800. The van der Waals surface area contributed by atoms with Crippen LogP contribution in [0.15, 0.2) is 18.5 Å². The summed E-state index contributed by atoms with van der Waals surface area (Å²) in [7, 11) is 0. The number of halogens is 3. The lowest BCUT2D eigenvalue weighted by Crippen LogP contribution is -2.18. The van der Waals surface area contributed by atoms with E-state index in [1.165, 1.54) is 12.8 Å². The molecule has 1 aromatic rings. The third-order valence-corrected chi connectivity index (χ3v) is 3.05. The fourth-order valence-electron chi connectivity index (χ4n) is 1.88. The van der Waals surface area contributed by atoms with Crippen LogP contribution in [-0.4, -0.2) is 24.0 Å². The minimum Gasteiger partial charge on any atom is -0.370 e. The third-order valence-electron chi connectivity index (χ3n) is 3.05. The van der Waals surface area contributed by atoms with Crippen molar-refractivity contribution in [3.05, 3.63) is 24.0 Å². The average molecular weight is 262 g/mol. The lowest BCUT2D eigenvalue weighted by Gasteiger charge is -2.09. The highest BCUT2D eigenvalue weighted by Gasteiger charge is 2.30. The van der Waals surface area contributed by atoms with Crippen molar-refractivity contribution in [3.8, 4) is 0 Å². The van der Waals surface area contributed by atoms with Gasteiger partial charge in [-0.1, -0.05) is 0 Å². The third kappa shape index (κ3) is 4.03. The molecule has 0 spiro atoms. The molecule has 1 unspecified atom stereocenters. The predicted molar refractivity (Wildman–Crippen MR) is 61.0 cm³/mol. The number of nitrogens with zero attached hydrogens (tertiary/aromatic N) is 1. The summed E-state index contributed by atoms with van der Waals surface area (Å²) in [6, 6.07) is 1.98. The molecule has 1 aliphatic carbocycles. The Balaban J connectivity index is 1.73. The summed E-state index contributed by atoms with van der Waals surface area (Å²) >= 11 is 0. The first-order valence-corrected chi connectivity index (χ1v) is 6.01. The second-order valence-electron chi connectivity index (χ2n) is 4.71. The van der Waals surface area contributed by atoms with Gasteiger partial charge in [-0.25, -0.2) is 0 Å². The maximum atomic E-state index is 11.8. The normalized spacial score (nSPS) is 18.0. The fourth-order valence-corrected chi connectivity index (χ4v) is 1.88. The van der Waals surface area contributed by atoms with E-state index in [4.69, 9.17) is 5.73 Å². The second kappa shape index (κ2) is 5.32. The van der Waals surface area contributed by atoms with Crippen LogP contribution in [-0.2, 0) is 11.3 Å². The Labute approximate surface area is 104 Å². The van der Waals surface area contributed by atoms with Crippen molar-refractivity contribution in [2.75, 3.05) is 13.2 Å². The van der Waals surface area contributed by atoms with Crippen molar-refractivity contribution in [3.63, 3.8) is 0 Å². The molecular formula is C12H17F3N2O. The minimum atomic E-state index is -4.25. The molecule has 0 saturated heterocycles. The predicted octanol–water partition coefficient (Wildman–Crippen LogP) is 2.48. The summed E-state index contributed by atoms with van der Waals surface area (Å²) in [5.74, 6) is 0.572. The summed E-state index contributed by atoms with van der Waals surface area (Å²) < 4.78 is 41.9. The Bertz CT molecular complexity index is 385. The van der Waals surface area contributed by atoms with Crippen molar-refractivity contribution in [2.45, 2.75) is 31.6 Å². The number of hydrogen-bond acceptors (Lipinski definition) is 2. The highest BCUT2D eigenvalue weighted by molar-refractivity contribution is 5.17. The first-order valence-electron chi connectivity index (χ1n) is 6.01. The monoisotopic (exact) mass is 262 g/mol. The molecule has 1 saturated carbocycles. The molecule has 0 aliphatic heterocycles. The molecule has 0 aromatic carbocycles. The van der Waals surface area contributed by atoms with E-state index in [2.05, 4.69) is 4.74 Å². The van der Waals surface area contributed by atoms with Gasteiger partial charge >= 0.3 is 6.18 Å². The van der Waals surface area contributed by atoms with E-state index in [-0.39, 0.29) is 12.6 Å². The Morgan fingerprint density at radius 1 is 1.44 bits per heavy atom. The number of nitrogens with two attached hydrogens (primary N) is 1. The van der Waals surface area contributed by atoms with Crippen molar-refractivity contribution in [2.24, 2.45) is 11.7 Å². The van der Waals surface area contributed by atoms with Gasteiger partial charge in [0.05, 0.1) is 6.61 Å². The van der Waals surface area contributed by atoms with Gasteiger partial charge < -0.3 is 15.0 Å². The van der Waals surface area contributed by atoms with E-state index < -0.39 is 12.8 Å². The molecule has 18 heavy (non-hydrogen) atoms. The van der Waals surface area contributed by atoms with Crippen molar-refractivity contribution >= 4 is 0 Å². The Hall–Kier alpha value is -1.01. The minimum absolute atomic E-state index is 0.0479. The first-order chi connectivity index (χ1) is 8.46. The lowest BCUT2D eigenvalue weighted by atomic mass is 10.1. The molecule has 0 bridgehead atoms. The van der Waals surface area contributed by atoms with E-state index in [0.29, 0.717) is 12.5 Å². The van der Waals surface area contributed by atoms with Crippen LogP contribution in [0, 0.1) is 5.92 Å². The Kier molecular flexibility index (Phi) is 3.97. The Morgan fingerprint density at radius 3 is 2.78 bits per heavy atom. The van der Waals surface area contributed by atoms with Crippen LogP contribution >= 0.6 is 0 Å². The summed E-state index contributed by atoms with van der Waals surface area (Å²) in [5, 5.41) is 0. The summed E-state index contributed by atoms with van der Waals surface area (Å²) in [4.78, 5) is 0. The molecular weight excluding hydrogens is 245 g/mol. The van der Waals surface area contributed by atoms with Crippen LogP contribution in [0.1, 0.15) is 24.4 Å². The van der Waals surface area contributed by atoms with Crippen LogP contribution in [0.5, 0.6) is 0 Å². The zero-order valence-electron chi connectivity index (χ0n) is 9.99. The highest BCUT2D eigenvalue weighted by atomic mass is 19.4. The summed E-state index contributed by atoms with van der Waals surface area (Å²) in [6.45, 7) is -0.734. The Morgan fingerprint density at radius 2 is 2.17 bits per heavy atom. The number of hydrogen-bond donors (Lipinski definition) is 1. The van der Waals surface area contributed by atoms with Crippen LogP contribution in [0.4, 0.5) is 13.2 Å². The largest absolute Gasteiger partial charge is 0.411 e. The number of alkyl halides is 3. The topological polar surface area (TPSA) is 40.2 Å². The lowest BCUT2D eigenvalue weighted by molar-refractivity contribution is -0.174. The van der Waals surface area contributed by atoms with Crippen molar-refractivity contribution < 1.29 is 17.9 Å². The van der Waals surface area contributed by atoms with Crippen molar-refractivity contribution in [1.29, 1.82) is 0 Å². The fraction of sp³-hybridized carbons (Fsp3) is 0.667. The van der Waals surface area contributed by atoms with Gasteiger partial charge in [-0.3, -0.25) is 0 Å². The molecule has 1 heterocycles. The molecule has 6 heteroatoms. The first kappa shape index (κ1) is 13.4. The van der Waals surface area contributed by atoms with E-state index in [1.54, 1.807) is 0 Å². The molecule has 1 aromatic heterocycles. The molecule has 0 radical (unpaired) electrons. The van der Waals surface area contributed by atoms with Crippen LogP contribution < -0.4 is 5.73 Å². The van der Waals surface area contributed by atoms with Crippen molar-refractivity contribution in [1.82, 2.24) is 4.57 Å². The van der Waals surface area contributed by atoms with Crippen LogP contribution in [0.3, 0.4) is 0 Å². The van der Waals surface area contributed by atoms with Gasteiger partial charge in [-0.05, 0) is 30.4 Å². The molecule has 1 fully saturated rings. The maximum absolute atomic E-state index is 11.8. The number of ether oxygens (including phenoxy) is 1. The molecule has 2 rings (SSSR count). The molecule has 1 aliphatic rings. The zero-order valence-corrected chi connectivity index (χ0v) is 9.99. The van der Waals surface area contributed by atoms with Gasteiger partial charge in [-0.2, -0.15) is 13.2 Å². The standard InChI is InChI=1S/C12H17F3N2O/c13-12(14,15)8-18-6-5-17-4-3-10(7-17)11(16)9-1-2-9/h3-4,7,9,11H,1-2,5-6,8,16H2. The van der Waals surface area contributed by atoms with Gasteiger partial charge in [0.15, 0.2) is 0 Å². The zero-order chi connectivity index (χ0) is 13.2. The summed E-state index contributed by atoms with van der Waals surface area (Å²) in [6.07, 6.45) is 1.80. The van der Waals surface area contributed by atoms with E-state index in [9.17, 15) is 13.2 Å². The van der Waals surface area contributed by atoms with E-state index in [0.717, 1.165) is 5.56 Å². The van der Waals surface area contributed by atoms with Gasteiger partial charge in [0.25, 0.3) is 0 Å². The summed E-state index contributed by atoms with van der Waals surface area (Å²) in [5.41, 5.74) is 7.08.